The van der Waals surface area contributed by atoms with Crippen LogP contribution in [0.25, 0.3) is 11.3 Å². The lowest BCUT2D eigenvalue weighted by atomic mass is 10.1. The highest BCUT2D eigenvalue weighted by Gasteiger charge is 2.25. The monoisotopic (exact) mass is 405 g/mol. The molecule has 0 spiro atoms. The summed E-state index contributed by atoms with van der Waals surface area (Å²) < 4.78 is 21.3. The quantitative estimate of drug-likeness (QED) is 0.644. The van der Waals surface area contributed by atoms with E-state index in [0.717, 1.165) is 11.1 Å². The van der Waals surface area contributed by atoms with Crippen molar-refractivity contribution in [1.82, 2.24) is 5.32 Å². The van der Waals surface area contributed by atoms with Gasteiger partial charge < -0.3 is 29.1 Å². The molecule has 2 N–H and O–H groups in total. The maximum atomic E-state index is 11.9. The minimum absolute atomic E-state index is 0.0118. The number of aliphatic carboxylic acids is 1. The Morgan fingerprint density at radius 1 is 1.07 bits per heavy atom. The molecule has 1 aromatic heterocycles. The third kappa shape index (κ3) is 6.62. The van der Waals surface area contributed by atoms with Gasteiger partial charge in [-0.05, 0) is 32.9 Å². The minimum atomic E-state index is -1.18. The zero-order chi connectivity index (χ0) is 21.6. The average Bonchev–Trinajstić information content (AvgIpc) is 3.10. The number of alkyl carbamates (subject to hydrolysis) is 1. The largest absolute Gasteiger partial charge is 0.480 e. The number of amides is 1. The van der Waals surface area contributed by atoms with Crippen LogP contribution in [0.2, 0.25) is 0 Å². The van der Waals surface area contributed by atoms with Gasteiger partial charge in [0.2, 0.25) is 0 Å². The van der Waals surface area contributed by atoms with Gasteiger partial charge >= 0.3 is 12.1 Å². The summed E-state index contributed by atoms with van der Waals surface area (Å²) in [6, 6.07) is 9.70. The van der Waals surface area contributed by atoms with Crippen molar-refractivity contribution in [1.29, 1.82) is 0 Å². The standard InChI is InChI=1S/C21H27NO7/c1-21(2,3)29-20(25)22-16(18(23)24)12-15-10-11-17(28-15)13-6-8-14(9-7-13)19(26-4)27-5/h6-11,16,19H,12H2,1-5H3,(H,22,25)(H,23,24). The minimum Gasteiger partial charge on any atom is -0.480 e. The summed E-state index contributed by atoms with van der Waals surface area (Å²) >= 11 is 0. The Kier molecular flexibility index (Phi) is 7.41. The second kappa shape index (κ2) is 9.58. The average molecular weight is 405 g/mol. The lowest BCUT2D eigenvalue weighted by Crippen LogP contribution is -2.44. The van der Waals surface area contributed by atoms with Crippen LogP contribution in [0.1, 0.15) is 38.4 Å². The van der Waals surface area contributed by atoms with Crippen molar-refractivity contribution in [3.05, 3.63) is 47.7 Å². The van der Waals surface area contributed by atoms with Gasteiger partial charge in [0.05, 0.1) is 0 Å². The number of carbonyl (C=O) groups excluding carboxylic acids is 1. The first-order valence-electron chi connectivity index (χ1n) is 9.10. The Morgan fingerprint density at radius 2 is 1.69 bits per heavy atom. The molecule has 0 aliphatic carbocycles. The number of carboxylic acid groups (broad SMARTS) is 1. The van der Waals surface area contributed by atoms with Gasteiger partial charge in [-0.2, -0.15) is 0 Å². The van der Waals surface area contributed by atoms with Gasteiger partial charge in [0, 0.05) is 31.8 Å². The van der Waals surface area contributed by atoms with Crippen LogP contribution >= 0.6 is 0 Å². The van der Waals surface area contributed by atoms with Crippen molar-refractivity contribution in [3.63, 3.8) is 0 Å². The normalized spacial score (nSPS) is 12.6. The van der Waals surface area contributed by atoms with Crippen molar-refractivity contribution >= 4 is 12.1 Å². The number of rotatable bonds is 8. The molecule has 1 heterocycles. The molecule has 158 valence electrons. The fraction of sp³-hybridized carbons (Fsp3) is 0.429. The molecule has 2 rings (SSSR count). The van der Waals surface area contributed by atoms with E-state index >= 15 is 0 Å². The molecule has 8 heteroatoms. The van der Waals surface area contributed by atoms with E-state index in [1.54, 1.807) is 47.1 Å². The number of benzene rings is 1. The second-order valence-corrected chi connectivity index (χ2v) is 7.43. The molecule has 0 fully saturated rings. The highest BCUT2D eigenvalue weighted by molar-refractivity contribution is 5.80. The molecule has 1 unspecified atom stereocenters. The summed E-state index contributed by atoms with van der Waals surface area (Å²) in [7, 11) is 3.12. The van der Waals surface area contributed by atoms with E-state index in [1.807, 2.05) is 24.3 Å². The first-order valence-corrected chi connectivity index (χ1v) is 9.10. The number of furan rings is 1. The molecule has 0 saturated carbocycles. The van der Waals surface area contributed by atoms with Crippen molar-refractivity contribution in [2.24, 2.45) is 0 Å². The van der Waals surface area contributed by atoms with Gasteiger partial charge in [0.1, 0.15) is 23.2 Å². The fourth-order valence-electron chi connectivity index (χ4n) is 2.67. The molecule has 0 radical (unpaired) electrons. The summed E-state index contributed by atoms with van der Waals surface area (Å²) in [4.78, 5) is 23.4. The van der Waals surface area contributed by atoms with Gasteiger partial charge in [-0.15, -0.1) is 0 Å². The molecule has 2 aromatic rings. The third-order valence-corrected chi connectivity index (χ3v) is 3.95. The van der Waals surface area contributed by atoms with Crippen LogP contribution in [0.4, 0.5) is 4.79 Å². The number of hydrogen-bond acceptors (Lipinski definition) is 6. The van der Waals surface area contributed by atoms with E-state index in [1.165, 1.54) is 0 Å². The Balaban J connectivity index is 2.07. The first-order chi connectivity index (χ1) is 13.6. The van der Waals surface area contributed by atoms with Gasteiger partial charge in [-0.25, -0.2) is 9.59 Å². The molecule has 0 bridgehead atoms. The molecular weight excluding hydrogens is 378 g/mol. The smallest absolute Gasteiger partial charge is 0.408 e. The second-order valence-electron chi connectivity index (χ2n) is 7.43. The molecule has 1 aromatic carbocycles. The zero-order valence-electron chi connectivity index (χ0n) is 17.2. The van der Waals surface area contributed by atoms with E-state index in [2.05, 4.69) is 5.32 Å². The maximum Gasteiger partial charge on any atom is 0.408 e. The van der Waals surface area contributed by atoms with Gasteiger partial charge in [-0.1, -0.05) is 24.3 Å². The van der Waals surface area contributed by atoms with Gasteiger partial charge in [-0.3, -0.25) is 0 Å². The Bertz CT molecular complexity index is 816. The van der Waals surface area contributed by atoms with Crippen LogP contribution in [-0.4, -0.2) is 43.0 Å². The van der Waals surface area contributed by atoms with Crippen LogP contribution < -0.4 is 5.32 Å². The lowest BCUT2D eigenvalue weighted by molar-refractivity contribution is -0.139. The molecule has 0 aliphatic heterocycles. The SMILES string of the molecule is COC(OC)c1ccc(-c2ccc(CC(NC(=O)OC(C)(C)C)C(=O)O)o2)cc1. The van der Waals surface area contributed by atoms with Crippen LogP contribution in [0, 0.1) is 0 Å². The number of nitrogens with one attached hydrogen (secondary N) is 1. The maximum absolute atomic E-state index is 11.9. The highest BCUT2D eigenvalue weighted by Crippen LogP contribution is 2.26. The predicted octanol–water partition coefficient (Wildman–Crippen LogP) is 3.76. The summed E-state index contributed by atoms with van der Waals surface area (Å²) in [5, 5.41) is 11.8. The number of hydrogen-bond donors (Lipinski definition) is 2. The molecule has 1 amide bonds. The third-order valence-electron chi connectivity index (χ3n) is 3.95. The predicted molar refractivity (Wildman–Crippen MR) is 105 cm³/mol. The number of carbonyl (C=O) groups is 2. The molecule has 29 heavy (non-hydrogen) atoms. The highest BCUT2D eigenvalue weighted by atomic mass is 16.7. The summed E-state index contributed by atoms with van der Waals surface area (Å²) in [6.45, 7) is 5.11. The summed E-state index contributed by atoms with van der Waals surface area (Å²) in [5.41, 5.74) is 0.956. The Hall–Kier alpha value is -2.84. The van der Waals surface area contributed by atoms with Gasteiger partial charge in [0.15, 0.2) is 6.29 Å². The van der Waals surface area contributed by atoms with E-state index in [4.69, 9.17) is 18.6 Å². The van der Waals surface area contributed by atoms with Crippen LogP contribution in [0.5, 0.6) is 0 Å². The molecule has 8 nitrogen and oxygen atoms in total. The van der Waals surface area contributed by atoms with Crippen molar-refractivity contribution < 1.29 is 33.3 Å². The lowest BCUT2D eigenvalue weighted by Gasteiger charge is -2.21. The first kappa shape index (κ1) is 22.4. The van der Waals surface area contributed by atoms with E-state index in [0.29, 0.717) is 11.5 Å². The Labute approximate surface area is 169 Å². The molecular formula is C21H27NO7. The van der Waals surface area contributed by atoms with Crippen LogP contribution in [0.15, 0.2) is 40.8 Å². The van der Waals surface area contributed by atoms with E-state index in [9.17, 15) is 14.7 Å². The van der Waals surface area contributed by atoms with Crippen molar-refractivity contribution in [2.45, 2.75) is 45.1 Å². The molecule has 0 saturated heterocycles. The fourth-order valence-corrected chi connectivity index (χ4v) is 2.67. The zero-order valence-corrected chi connectivity index (χ0v) is 17.2. The topological polar surface area (TPSA) is 107 Å². The molecule has 0 aliphatic rings. The van der Waals surface area contributed by atoms with E-state index < -0.39 is 30.0 Å². The van der Waals surface area contributed by atoms with Crippen LogP contribution in [-0.2, 0) is 25.4 Å². The van der Waals surface area contributed by atoms with Crippen molar-refractivity contribution in [3.8, 4) is 11.3 Å². The van der Waals surface area contributed by atoms with Crippen molar-refractivity contribution in [2.75, 3.05) is 14.2 Å². The number of methoxy groups -OCH3 is 2. The van der Waals surface area contributed by atoms with Crippen LogP contribution in [0.3, 0.4) is 0 Å². The Morgan fingerprint density at radius 3 is 2.21 bits per heavy atom. The summed E-state index contributed by atoms with van der Waals surface area (Å²) in [5.74, 6) is -0.165. The number of ether oxygens (including phenoxy) is 3. The van der Waals surface area contributed by atoms with Gasteiger partial charge in [0.25, 0.3) is 0 Å². The molecule has 1 atom stereocenters. The number of carboxylic acids is 1. The summed E-state index contributed by atoms with van der Waals surface area (Å²) in [6.07, 6.45) is -1.26. The van der Waals surface area contributed by atoms with E-state index in [-0.39, 0.29) is 6.42 Å².